The summed E-state index contributed by atoms with van der Waals surface area (Å²) in [5, 5.41) is 1.82. The van der Waals surface area contributed by atoms with Gasteiger partial charge in [0, 0.05) is 16.0 Å². The molecule has 0 saturated carbocycles. The van der Waals surface area contributed by atoms with Gasteiger partial charge >= 0.3 is 0 Å². The van der Waals surface area contributed by atoms with E-state index in [1.807, 2.05) is 37.3 Å². The third-order valence-corrected chi connectivity index (χ3v) is 9.13. The highest BCUT2D eigenvalue weighted by Crippen LogP contribution is 2.35. The van der Waals surface area contributed by atoms with Crippen LogP contribution in [0, 0.1) is 20.8 Å². The summed E-state index contributed by atoms with van der Waals surface area (Å²) < 4.78 is 24.1. The van der Waals surface area contributed by atoms with Gasteiger partial charge in [0.1, 0.15) is 15.7 Å². The number of anilines is 1. The van der Waals surface area contributed by atoms with Gasteiger partial charge in [0.05, 0.1) is 23.3 Å². The second-order valence-corrected chi connectivity index (χ2v) is 11.9. The number of thiophene rings is 1. The second kappa shape index (κ2) is 8.28. The van der Waals surface area contributed by atoms with Crippen LogP contribution in [0.2, 0.25) is 0 Å². The third-order valence-electron chi connectivity index (χ3n) is 5.32. The number of aromatic nitrogens is 2. The van der Waals surface area contributed by atoms with Gasteiger partial charge in [-0.3, -0.25) is 4.79 Å². The lowest BCUT2D eigenvalue weighted by Gasteiger charge is -2.28. The van der Waals surface area contributed by atoms with Gasteiger partial charge in [0.15, 0.2) is 9.84 Å². The van der Waals surface area contributed by atoms with E-state index < -0.39 is 9.84 Å². The molecule has 6 nitrogen and oxygen atoms in total. The van der Waals surface area contributed by atoms with Gasteiger partial charge in [-0.15, -0.1) is 11.3 Å². The van der Waals surface area contributed by atoms with E-state index in [2.05, 4.69) is 23.8 Å². The molecule has 1 fully saturated rings. The van der Waals surface area contributed by atoms with Crippen molar-refractivity contribution in [2.45, 2.75) is 38.3 Å². The lowest BCUT2D eigenvalue weighted by Crippen LogP contribution is -2.42. The minimum Gasteiger partial charge on any atom is -0.308 e. The first kappa shape index (κ1) is 21.3. The highest BCUT2D eigenvalue weighted by atomic mass is 32.2. The maximum absolute atomic E-state index is 13.3. The Morgan fingerprint density at radius 2 is 1.93 bits per heavy atom. The Balaban J connectivity index is 1.62. The van der Waals surface area contributed by atoms with Crippen LogP contribution in [0.25, 0.3) is 10.2 Å². The average molecular weight is 462 g/mol. The molecular weight excluding hydrogens is 438 g/mol. The van der Waals surface area contributed by atoms with Crippen LogP contribution in [0.1, 0.15) is 22.7 Å². The summed E-state index contributed by atoms with van der Waals surface area (Å²) >= 11 is 3.03. The molecule has 2 aromatic heterocycles. The van der Waals surface area contributed by atoms with Crippen LogP contribution in [-0.4, -0.2) is 47.6 Å². The summed E-state index contributed by atoms with van der Waals surface area (Å²) in [6.45, 7) is 5.97. The fourth-order valence-corrected chi connectivity index (χ4v) is 7.57. The molecule has 0 radical (unpaired) electrons. The Bertz CT molecular complexity index is 1210. The summed E-state index contributed by atoms with van der Waals surface area (Å²) in [7, 11) is -3.11. The number of hydrogen-bond donors (Lipinski definition) is 0. The largest absolute Gasteiger partial charge is 0.308 e. The second-order valence-electron chi connectivity index (χ2n) is 7.48. The fraction of sp³-hybridized carbons (Fsp3) is 0.381. The Morgan fingerprint density at radius 3 is 2.60 bits per heavy atom. The number of carbonyl (C=O) groups excluding carboxylic acids is 1. The number of thioether (sulfide) groups is 1. The predicted molar refractivity (Wildman–Crippen MR) is 123 cm³/mol. The van der Waals surface area contributed by atoms with Crippen LogP contribution >= 0.6 is 23.1 Å². The quantitative estimate of drug-likeness (QED) is 0.423. The van der Waals surface area contributed by atoms with Crippen LogP contribution in [-0.2, 0) is 14.6 Å². The number of fused-ring (bicyclic) bond motifs is 1. The van der Waals surface area contributed by atoms with Gasteiger partial charge in [-0.25, -0.2) is 18.4 Å². The van der Waals surface area contributed by atoms with Gasteiger partial charge in [-0.2, -0.15) is 0 Å². The summed E-state index contributed by atoms with van der Waals surface area (Å²) in [5.41, 5.74) is 1.88. The number of hydrogen-bond acceptors (Lipinski definition) is 7. The maximum Gasteiger partial charge on any atom is 0.237 e. The molecule has 9 heteroatoms. The number of para-hydroxylation sites is 1. The molecule has 158 valence electrons. The molecule has 0 aliphatic carbocycles. The van der Waals surface area contributed by atoms with Crippen LogP contribution in [0.4, 0.5) is 5.69 Å². The zero-order chi connectivity index (χ0) is 21.5. The Labute approximate surface area is 184 Å². The molecule has 1 aromatic carbocycles. The minimum absolute atomic E-state index is 0.0119. The fourth-order valence-electron chi connectivity index (χ4n) is 3.74. The van der Waals surface area contributed by atoms with Crippen molar-refractivity contribution < 1.29 is 13.2 Å². The number of aryl methyl sites for hydroxylation is 3. The van der Waals surface area contributed by atoms with Crippen molar-refractivity contribution in [2.75, 3.05) is 22.2 Å². The standard InChI is InChI=1S/C21H23N3O3S3/c1-13-14(2)29-21-19(13)20(22-15(3)23-21)28-11-18(25)24(16-7-5-4-6-8-16)17-9-10-30(26,27)12-17/h4-8,17H,9-12H2,1-3H3/t17-/m1/s1. The topological polar surface area (TPSA) is 80.2 Å². The summed E-state index contributed by atoms with van der Waals surface area (Å²) in [5.74, 6) is 0.895. The first-order valence-corrected chi connectivity index (χ1v) is 13.3. The Kier molecular flexibility index (Phi) is 5.87. The van der Waals surface area contributed by atoms with Gasteiger partial charge < -0.3 is 4.90 Å². The molecule has 0 N–H and O–H groups in total. The number of carbonyl (C=O) groups is 1. The van der Waals surface area contributed by atoms with Crippen LogP contribution in [0.15, 0.2) is 35.4 Å². The average Bonchev–Trinajstić information content (AvgIpc) is 3.19. The number of nitrogens with zero attached hydrogens (tertiary/aromatic N) is 3. The lowest BCUT2D eigenvalue weighted by atomic mass is 10.2. The number of benzene rings is 1. The molecule has 1 aliphatic rings. The molecule has 3 aromatic rings. The monoisotopic (exact) mass is 461 g/mol. The number of sulfone groups is 1. The van der Waals surface area contributed by atoms with Crippen LogP contribution in [0.3, 0.4) is 0 Å². The van der Waals surface area contributed by atoms with E-state index in [1.54, 1.807) is 16.2 Å². The van der Waals surface area contributed by atoms with Crippen LogP contribution < -0.4 is 4.90 Å². The van der Waals surface area contributed by atoms with Crippen molar-refractivity contribution in [1.29, 1.82) is 0 Å². The van der Waals surface area contributed by atoms with E-state index in [0.29, 0.717) is 12.2 Å². The molecule has 1 saturated heterocycles. The summed E-state index contributed by atoms with van der Waals surface area (Å²) in [6, 6.07) is 8.98. The van der Waals surface area contributed by atoms with Crippen molar-refractivity contribution in [2.24, 2.45) is 0 Å². The van der Waals surface area contributed by atoms with Crippen molar-refractivity contribution in [3.63, 3.8) is 0 Å². The zero-order valence-electron chi connectivity index (χ0n) is 17.1. The third kappa shape index (κ3) is 4.24. The van der Waals surface area contributed by atoms with Gasteiger partial charge in [0.2, 0.25) is 5.91 Å². The predicted octanol–water partition coefficient (Wildman–Crippen LogP) is 3.93. The van der Waals surface area contributed by atoms with Crippen molar-refractivity contribution in [1.82, 2.24) is 9.97 Å². The molecule has 30 heavy (non-hydrogen) atoms. The number of rotatable bonds is 5. The van der Waals surface area contributed by atoms with E-state index in [9.17, 15) is 13.2 Å². The maximum atomic E-state index is 13.3. The molecule has 0 unspecified atom stereocenters. The van der Waals surface area contributed by atoms with E-state index in [-0.39, 0.29) is 29.2 Å². The molecule has 3 heterocycles. The number of amides is 1. The molecule has 0 bridgehead atoms. The summed E-state index contributed by atoms with van der Waals surface area (Å²) in [4.78, 5) is 26.2. The van der Waals surface area contributed by atoms with Gasteiger partial charge in [-0.05, 0) is 44.9 Å². The molecule has 1 aliphatic heterocycles. The highest BCUT2D eigenvalue weighted by molar-refractivity contribution is 8.00. The smallest absolute Gasteiger partial charge is 0.237 e. The molecule has 4 rings (SSSR count). The lowest BCUT2D eigenvalue weighted by molar-refractivity contribution is -0.116. The molecule has 0 spiro atoms. The minimum atomic E-state index is -3.11. The van der Waals surface area contributed by atoms with E-state index in [1.165, 1.54) is 16.6 Å². The van der Waals surface area contributed by atoms with Crippen molar-refractivity contribution >= 4 is 54.7 Å². The highest BCUT2D eigenvalue weighted by Gasteiger charge is 2.35. The van der Waals surface area contributed by atoms with Crippen molar-refractivity contribution in [3.05, 3.63) is 46.6 Å². The van der Waals surface area contributed by atoms with E-state index in [0.717, 1.165) is 26.5 Å². The summed E-state index contributed by atoms with van der Waals surface area (Å²) in [6.07, 6.45) is 0.466. The molecular formula is C21H23N3O3S3. The van der Waals surface area contributed by atoms with Crippen LogP contribution in [0.5, 0.6) is 0 Å². The van der Waals surface area contributed by atoms with E-state index in [4.69, 9.17) is 0 Å². The van der Waals surface area contributed by atoms with E-state index >= 15 is 0 Å². The Hall–Kier alpha value is -1.97. The SMILES string of the molecule is Cc1nc(SCC(=O)N(c2ccccc2)[C@@H]2CCS(=O)(=O)C2)c2c(C)c(C)sc2n1. The Morgan fingerprint density at radius 1 is 1.20 bits per heavy atom. The van der Waals surface area contributed by atoms with Gasteiger partial charge in [-0.1, -0.05) is 30.0 Å². The zero-order valence-corrected chi connectivity index (χ0v) is 19.5. The first-order valence-electron chi connectivity index (χ1n) is 9.70. The molecule has 1 atom stereocenters. The van der Waals surface area contributed by atoms with Gasteiger partial charge in [0.25, 0.3) is 0 Å². The first-order chi connectivity index (χ1) is 14.2. The normalized spacial score (nSPS) is 18.0. The molecule has 1 amide bonds. The van der Waals surface area contributed by atoms with Crippen molar-refractivity contribution in [3.8, 4) is 0 Å².